The zero-order valence-electron chi connectivity index (χ0n) is 15.9. The zero-order valence-corrected chi connectivity index (χ0v) is 16.7. The van der Waals surface area contributed by atoms with Crippen LogP contribution in [0.25, 0.3) is 0 Å². The van der Waals surface area contributed by atoms with Gasteiger partial charge >= 0.3 is 17.9 Å². The minimum absolute atomic E-state index is 0.252. The van der Waals surface area contributed by atoms with Crippen molar-refractivity contribution in [3.05, 3.63) is 51.4 Å². The number of cyclic esters (lactones) is 1. The number of hydrogen-bond donors (Lipinski definition) is 1. The normalized spacial score (nSPS) is 15.0. The molecular weight excluding hydrogens is 382 g/mol. The number of esters is 3. The van der Waals surface area contributed by atoms with Crippen LogP contribution in [0.2, 0.25) is 0 Å². The first-order valence-corrected chi connectivity index (χ1v) is 9.74. The maximum absolute atomic E-state index is 12.7. The molecule has 2 aromatic rings. The third-order valence-electron chi connectivity index (χ3n) is 4.40. The number of unbranched alkanes of at least 4 members (excludes halogenated alkanes) is 1. The number of carbonyl (C=O) groups excluding carboxylic acids is 3. The number of carbonyl (C=O) groups is 3. The van der Waals surface area contributed by atoms with Gasteiger partial charge < -0.3 is 19.5 Å². The second kappa shape index (κ2) is 8.43. The summed E-state index contributed by atoms with van der Waals surface area (Å²) in [5.74, 6) is -1.51. The minimum atomic E-state index is -0.755. The molecule has 3 rings (SSSR count). The van der Waals surface area contributed by atoms with E-state index in [1.807, 2.05) is 6.92 Å². The highest BCUT2D eigenvalue weighted by Crippen LogP contribution is 2.39. The van der Waals surface area contributed by atoms with Crippen LogP contribution in [0.1, 0.15) is 67.5 Å². The number of thiophene rings is 1. The molecule has 1 aliphatic rings. The summed E-state index contributed by atoms with van der Waals surface area (Å²) < 4.78 is 15.5. The summed E-state index contributed by atoms with van der Waals surface area (Å²) in [6, 6.07) is 7.01. The summed E-state index contributed by atoms with van der Waals surface area (Å²) in [4.78, 5) is 37.1. The Kier molecular flexibility index (Phi) is 5.99. The maximum atomic E-state index is 12.7. The van der Waals surface area contributed by atoms with Gasteiger partial charge in [0.15, 0.2) is 0 Å². The summed E-state index contributed by atoms with van der Waals surface area (Å²) in [7, 11) is 1.28. The number of benzene rings is 1. The van der Waals surface area contributed by atoms with Gasteiger partial charge in [0.1, 0.15) is 9.88 Å². The first kappa shape index (κ1) is 19.9. The average Bonchev–Trinajstić information content (AvgIpc) is 3.19. The van der Waals surface area contributed by atoms with Crippen LogP contribution >= 0.6 is 11.3 Å². The van der Waals surface area contributed by atoms with Crippen LogP contribution in [-0.4, -0.2) is 31.6 Å². The predicted molar refractivity (Wildman–Crippen MR) is 104 cm³/mol. The fraction of sp³-hybridized carbons (Fsp3) is 0.350. The summed E-state index contributed by atoms with van der Waals surface area (Å²) in [6.45, 7) is 3.95. The molecule has 1 aromatic carbocycles. The smallest absolute Gasteiger partial charge is 0.348 e. The van der Waals surface area contributed by atoms with Crippen molar-refractivity contribution in [2.45, 2.75) is 32.9 Å². The molecule has 7 nitrogen and oxygen atoms in total. The van der Waals surface area contributed by atoms with Crippen molar-refractivity contribution in [2.75, 3.05) is 19.0 Å². The van der Waals surface area contributed by atoms with E-state index in [-0.39, 0.29) is 5.56 Å². The van der Waals surface area contributed by atoms with Crippen molar-refractivity contribution in [1.29, 1.82) is 0 Å². The first-order chi connectivity index (χ1) is 13.5. The first-order valence-electron chi connectivity index (χ1n) is 8.93. The number of hydrogen-bond acceptors (Lipinski definition) is 8. The number of fused-ring (bicyclic) bond motifs is 1. The lowest BCUT2D eigenvalue weighted by Gasteiger charge is -2.14. The van der Waals surface area contributed by atoms with E-state index in [4.69, 9.17) is 14.2 Å². The molecule has 0 radical (unpaired) electrons. The van der Waals surface area contributed by atoms with E-state index in [1.54, 1.807) is 31.2 Å². The third kappa shape index (κ3) is 3.73. The van der Waals surface area contributed by atoms with E-state index < -0.39 is 24.1 Å². The lowest BCUT2D eigenvalue weighted by molar-refractivity contribution is 0.0437. The summed E-state index contributed by atoms with van der Waals surface area (Å²) in [6.07, 6.45) is 0.882. The van der Waals surface area contributed by atoms with Crippen molar-refractivity contribution < 1.29 is 28.6 Å². The van der Waals surface area contributed by atoms with E-state index in [0.717, 1.165) is 24.2 Å². The van der Waals surface area contributed by atoms with Crippen molar-refractivity contribution in [3.8, 4) is 0 Å². The monoisotopic (exact) mass is 403 g/mol. The van der Waals surface area contributed by atoms with Gasteiger partial charge in [-0.1, -0.05) is 31.5 Å². The Balaban J connectivity index is 1.94. The second-order valence-electron chi connectivity index (χ2n) is 6.26. The number of nitrogens with one attached hydrogen (secondary N) is 1. The van der Waals surface area contributed by atoms with Crippen LogP contribution in [0.5, 0.6) is 0 Å². The van der Waals surface area contributed by atoms with Gasteiger partial charge in [-0.15, -0.1) is 11.3 Å². The Morgan fingerprint density at radius 1 is 1.25 bits per heavy atom. The highest BCUT2D eigenvalue weighted by molar-refractivity contribution is 7.18. The minimum Gasteiger partial charge on any atom is -0.465 e. The van der Waals surface area contributed by atoms with E-state index in [1.165, 1.54) is 7.11 Å². The van der Waals surface area contributed by atoms with Crippen LogP contribution < -0.4 is 5.32 Å². The number of rotatable bonds is 7. The zero-order chi connectivity index (χ0) is 20.3. The topological polar surface area (TPSA) is 90.9 Å². The second-order valence-corrected chi connectivity index (χ2v) is 7.28. The molecule has 8 heteroatoms. The van der Waals surface area contributed by atoms with Gasteiger partial charge in [-0.3, -0.25) is 0 Å². The lowest BCUT2D eigenvalue weighted by atomic mass is 10.1. The van der Waals surface area contributed by atoms with Crippen LogP contribution in [-0.2, 0) is 14.2 Å². The maximum Gasteiger partial charge on any atom is 0.348 e. The van der Waals surface area contributed by atoms with Crippen molar-refractivity contribution in [3.63, 3.8) is 0 Å². The predicted octanol–water partition coefficient (Wildman–Crippen LogP) is 4.08. The molecule has 0 aliphatic carbocycles. The van der Waals surface area contributed by atoms with E-state index in [0.29, 0.717) is 33.2 Å². The molecule has 1 atom stereocenters. The van der Waals surface area contributed by atoms with Gasteiger partial charge in [0.25, 0.3) is 0 Å². The quantitative estimate of drug-likeness (QED) is 0.423. The van der Waals surface area contributed by atoms with Gasteiger partial charge in [-0.05, 0) is 25.0 Å². The third-order valence-corrected chi connectivity index (χ3v) is 5.61. The molecular formula is C20H21NO6S. The Labute approximate surface area is 166 Å². The van der Waals surface area contributed by atoms with E-state index in [2.05, 4.69) is 5.32 Å². The molecule has 0 spiro atoms. The lowest BCUT2D eigenvalue weighted by Crippen LogP contribution is -2.14. The molecule has 0 fully saturated rings. The standard InChI is InChI=1S/C20H21NO6S/c1-4-5-10-26-19(23)14-11(2)15(20(24)25-3)28-17(14)21-16-12-8-6-7-9-13(12)18(22)27-16/h6-9,16,21H,4-5,10H2,1-3H3/t16-/m0/s1. The van der Waals surface area contributed by atoms with Gasteiger partial charge in [0.2, 0.25) is 6.23 Å². The van der Waals surface area contributed by atoms with Gasteiger partial charge in [0.05, 0.1) is 24.8 Å². The molecule has 0 unspecified atom stereocenters. The highest BCUT2D eigenvalue weighted by Gasteiger charge is 2.33. The molecule has 28 heavy (non-hydrogen) atoms. The Bertz CT molecular complexity index is 919. The van der Waals surface area contributed by atoms with Crippen LogP contribution in [0.15, 0.2) is 24.3 Å². The molecule has 0 amide bonds. The van der Waals surface area contributed by atoms with Gasteiger partial charge in [-0.25, -0.2) is 14.4 Å². The van der Waals surface area contributed by atoms with Crippen molar-refractivity contribution >= 4 is 34.2 Å². The Hall–Kier alpha value is -2.87. The van der Waals surface area contributed by atoms with Gasteiger partial charge in [0, 0.05) is 5.56 Å². The highest BCUT2D eigenvalue weighted by atomic mass is 32.1. The number of anilines is 1. The van der Waals surface area contributed by atoms with E-state index in [9.17, 15) is 14.4 Å². The molecule has 1 N–H and O–H groups in total. The van der Waals surface area contributed by atoms with Gasteiger partial charge in [-0.2, -0.15) is 0 Å². The SMILES string of the molecule is CCCCOC(=O)c1c(N[C@H]2OC(=O)c3ccccc32)sc(C(=O)OC)c1C. The summed E-state index contributed by atoms with van der Waals surface area (Å²) in [5, 5.41) is 3.47. The molecule has 1 aromatic heterocycles. The molecule has 1 aliphatic heterocycles. The molecule has 0 bridgehead atoms. The van der Waals surface area contributed by atoms with Crippen LogP contribution in [0.4, 0.5) is 5.00 Å². The fourth-order valence-corrected chi connectivity index (χ4v) is 4.03. The number of ether oxygens (including phenoxy) is 3. The van der Waals surface area contributed by atoms with Crippen LogP contribution in [0, 0.1) is 6.92 Å². The molecule has 148 valence electrons. The number of methoxy groups -OCH3 is 1. The fourth-order valence-electron chi connectivity index (χ4n) is 2.90. The Morgan fingerprint density at radius 2 is 2.00 bits per heavy atom. The van der Waals surface area contributed by atoms with E-state index >= 15 is 0 Å². The largest absolute Gasteiger partial charge is 0.465 e. The summed E-state index contributed by atoms with van der Waals surface area (Å²) >= 11 is 1.07. The average molecular weight is 403 g/mol. The summed E-state index contributed by atoms with van der Waals surface area (Å²) in [5.41, 5.74) is 1.86. The molecule has 2 heterocycles. The Morgan fingerprint density at radius 3 is 2.71 bits per heavy atom. The molecule has 0 saturated heterocycles. The van der Waals surface area contributed by atoms with Crippen molar-refractivity contribution in [2.24, 2.45) is 0 Å². The van der Waals surface area contributed by atoms with Crippen LogP contribution in [0.3, 0.4) is 0 Å². The molecule has 0 saturated carbocycles. The van der Waals surface area contributed by atoms with Crippen molar-refractivity contribution in [1.82, 2.24) is 0 Å².